The first kappa shape index (κ1) is 17.6. The average molecular weight is 306 g/mol. The molecule has 0 heterocycles. The number of thiocarbonyl (C=S) groups is 1. The Kier molecular flexibility index (Phi) is 6.34. The molecule has 0 saturated carbocycles. The Morgan fingerprint density at radius 1 is 1.29 bits per heavy atom. The van der Waals surface area contributed by atoms with Crippen LogP contribution in [0.25, 0.3) is 0 Å². The number of amides is 1. The van der Waals surface area contributed by atoms with Gasteiger partial charge in [0.2, 0.25) is 5.91 Å². The van der Waals surface area contributed by atoms with Crippen molar-refractivity contribution in [3.63, 3.8) is 0 Å². The van der Waals surface area contributed by atoms with Gasteiger partial charge in [0.15, 0.2) is 0 Å². The first-order chi connectivity index (χ1) is 9.75. The molecule has 0 radical (unpaired) electrons. The van der Waals surface area contributed by atoms with Crippen LogP contribution < -0.4 is 5.73 Å². The van der Waals surface area contributed by atoms with Crippen LogP contribution in [0.4, 0.5) is 0 Å². The van der Waals surface area contributed by atoms with Crippen LogP contribution in [-0.4, -0.2) is 28.9 Å². The van der Waals surface area contributed by atoms with Crippen LogP contribution in [0.1, 0.15) is 39.7 Å². The van der Waals surface area contributed by atoms with Gasteiger partial charge < -0.3 is 10.6 Å². The van der Waals surface area contributed by atoms with Gasteiger partial charge in [0.25, 0.3) is 0 Å². The maximum Gasteiger partial charge on any atom is 0.232 e. The van der Waals surface area contributed by atoms with Crippen molar-refractivity contribution in [2.45, 2.75) is 39.5 Å². The zero-order valence-corrected chi connectivity index (χ0v) is 14.2. The molecule has 1 rings (SSSR count). The van der Waals surface area contributed by atoms with Crippen LogP contribution in [0.2, 0.25) is 0 Å². The summed E-state index contributed by atoms with van der Waals surface area (Å²) in [5.74, 6) is 0.533. The van der Waals surface area contributed by atoms with Gasteiger partial charge in [-0.15, -0.1) is 0 Å². The van der Waals surface area contributed by atoms with Crippen LogP contribution in [-0.2, 0) is 10.2 Å². The lowest BCUT2D eigenvalue weighted by Gasteiger charge is -2.33. The lowest BCUT2D eigenvalue weighted by Crippen LogP contribution is -2.46. The van der Waals surface area contributed by atoms with E-state index in [1.54, 1.807) is 0 Å². The number of hydrogen-bond donors (Lipinski definition) is 1. The van der Waals surface area contributed by atoms with Gasteiger partial charge in [-0.2, -0.15) is 0 Å². The Bertz CT molecular complexity index is 483. The minimum Gasteiger partial charge on any atom is -0.393 e. The molecular weight excluding hydrogens is 280 g/mol. The molecule has 1 aromatic rings. The van der Waals surface area contributed by atoms with E-state index in [4.69, 9.17) is 18.0 Å². The average Bonchev–Trinajstić information content (AvgIpc) is 2.43. The smallest absolute Gasteiger partial charge is 0.232 e. The van der Waals surface area contributed by atoms with Crippen LogP contribution >= 0.6 is 12.2 Å². The maximum absolute atomic E-state index is 13.0. The summed E-state index contributed by atoms with van der Waals surface area (Å²) in [6, 6.07) is 9.89. The van der Waals surface area contributed by atoms with Crippen molar-refractivity contribution in [3.8, 4) is 0 Å². The predicted molar refractivity (Wildman–Crippen MR) is 92.3 cm³/mol. The highest BCUT2D eigenvalue weighted by Gasteiger charge is 2.33. The van der Waals surface area contributed by atoms with Crippen LogP contribution in [0.15, 0.2) is 30.3 Å². The van der Waals surface area contributed by atoms with Crippen molar-refractivity contribution in [2.75, 3.05) is 13.1 Å². The third-order valence-corrected chi connectivity index (χ3v) is 3.74. The van der Waals surface area contributed by atoms with Crippen LogP contribution in [0.5, 0.6) is 0 Å². The Balaban J connectivity index is 2.94. The van der Waals surface area contributed by atoms with Crippen molar-refractivity contribution < 1.29 is 4.79 Å². The highest BCUT2D eigenvalue weighted by Crippen LogP contribution is 2.26. The fraction of sp³-hybridized carbons (Fsp3) is 0.529. The van der Waals surface area contributed by atoms with E-state index in [9.17, 15) is 4.79 Å². The topological polar surface area (TPSA) is 46.3 Å². The molecular formula is C17H26N2OS. The Morgan fingerprint density at radius 2 is 1.86 bits per heavy atom. The normalized spacial score (nSPS) is 11.5. The van der Waals surface area contributed by atoms with E-state index in [1.807, 2.05) is 49.1 Å². The molecule has 2 N–H and O–H groups in total. The van der Waals surface area contributed by atoms with E-state index in [0.717, 1.165) is 12.1 Å². The molecule has 0 aliphatic carbocycles. The summed E-state index contributed by atoms with van der Waals surface area (Å²) in [5.41, 5.74) is 6.06. The van der Waals surface area contributed by atoms with Crippen molar-refractivity contribution in [1.82, 2.24) is 4.90 Å². The van der Waals surface area contributed by atoms with Gasteiger partial charge in [0.1, 0.15) is 0 Å². The lowest BCUT2D eigenvalue weighted by molar-refractivity contribution is -0.136. The summed E-state index contributed by atoms with van der Waals surface area (Å²) in [7, 11) is 0. The number of hydrogen-bond acceptors (Lipinski definition) is 2. The molecule has 1 aromatic carbocycles. The minimum atomic E-state index is -0.549. The molecule has 4 heteroatoms. The molecule has 3 nitrogen and oxygen atoms in total. The highest BCUT2D eigenvalue weighted by atomic mass is 32.1. The van der Waals surface area contributed by atoms with Gasteiger partial charge in [-0.3, -0.25) is 4.79 Å². The van der Waals surface area contributed by atoms with Crippen molar-refractivity contribution in [3.05, 3.63) is 35.9 Å². The molecule has 0 fully saturated rings. The number of carbonyl (C=O) groups is 1. The first-order valence-corrected chi connectivity index (χ1v) is 7.79. The van der Waals surface area contributed by atoms with Crippen LogP contribution in [0.3, 0.4) is 0 Å². The Labute approximate surface area is 133 Å². The number of benzene rings is 1. The van der Waals surface area contributed by atoms with Crippen molar-refractivity contribution in [2.24, 2.45) is 11.7 Å². The van der Waals surface area contributed by atoms with E-state index in [2.05, 4.69) is 13.8 Å². The monoisotopic (exact) mass is 306 g/mol. The zero-order valence-electron chi connectivity index (χ0n) is 13.4. The standard InChI is InChI=1S/C17H26N2OS/c1-13(2)12-19(11-10-15(18)21)16(20)17(3,4)14-8-6-5-7-9-14/h5-9,13H,10-12H2,1-4H3,(H2,18,21). The lowest BCUT2D eigenvalue weighted by atomic mass is 9.83. The fourth-order valence-corrected chi connectivity index (χ4v) is 2.43. The fourth-order valence-electron chi connectivity index (χ4n) is 2.34. The van der Waals surface area contributed by atoms with E-state index in [0.29, 0.717) is 23.9 Å². The molecule has 116 valence electrons. The predicted octanol–water partition coefficient (Wildman–Crippen LogP) is 3.13. The molecule has 1 amide bonds. The van der Waals surface area contributed by atoms with E-state index in [-0.39, 0.29) is 5.91 Å². The van der Waals surface area contributed by atoms with E-state index in [1.165, 1.54) is 0 Å². The van der Waals surface area contributed by atoms with Gasteiger partial charge >= 0.3 is 0 Å². The second kappa shape index (κ2) is 7.55. The molecule has 0 aromatic heterocycles. The Hall–Kier alpha value is -1.42. The number of carbonyl (C=O) groups excluding carboxylic acids is 1. The van der Waals surface area contributed by atoms with Crippen LogP contribution in [0, 0.1) is 5.92 Å². The Morgan fingerprint density at radius 3 is 2.33 bits per heavy atom. The zero-order chi connectivity index (χ0) is 16.0. The molecule has 0 unspecified atom stereocenters. The van der Waals surface area contributed by atoms with Gasteiger partial charge in [-0.05, 0) is 25.3 Å². The largest absolute Gasteiger partial charge is 0.393 e. The summed E-state index contributed by atoms with van der Waals surface area (Å²) in [6.45, 7) is 9.46. The molecule has 0 aliphatic heterocycles. The second-order valence-corrected chi connectivity index (χ2v) is 6.88. The minimum absolute atomic E-state index is 0.124. The van der Waals surface area contributed by atoms with E-state index < -0.39 is 5.41 Å². The van der Waals surface area contributed by atoms with Gasteiger partial charge in [-0.25, -0.2) is 0 Å². The quantitative estimate of drug-likeness (QED) is 0.787. The summed E-state index contributed by atoms with van der Waals surface area (Å²) < 4.78 is 0. The van der Waals surface area contributed by atoms with Crippen molar-refractivity contribution >= 4 is 23.1 Å². The second-order valence-electron chi connectivity index (χ2n) is 6.35. The van der Waals surface area contributed by atoms with Gasteiger partial charge in [-0.1, -0.05) is 56.4 Å². The molecule has 0 atom stereocenters. The van der Waals surface area contributed by atoms with Crippen molar-refractivity contribution in [1.29, 1.82) is 0 Å². The van der Waals surface area contributed by atoms with Gasteiger partial charge in [0.05, 0.1) is 10.4 Å². The number of nitrogens with zero attached hydrogens (tertiary/aromatic N) is 1. The molecule has 21 heavy (non-hydrogen) atoms. The molecule has 0 saturated heterocycles. The third-order valence-electron chi connectivity index (χ3n) is 3.53. The first-order valence-electron chi connectivity index (χ1n) is 7.38. The summed E-state index contributed by atoms with van der Waals surface area (Å²) >= 11 is 4.94. The van der Waals surface area contributed by atoms with Gasteiger partial charge in [0, 0.05) is 19.5 Å². The molecule has 0 spiro atoms. The molecule has 0 bridgehead atoms. The number of nitrogens with two attached hydrogens (primary N) is 1. The summed E-state index contributed by atoms with van der Waals surface area (Å²) in [4.78, 5) is 15.3. The number of rotatable bonds is 7. The molecule has 0 aliphatic rings. The maximum atomic E-state index is 13.0. The van der Waals surface area contributed by atoms with E-state index >= 15 is 0 Å². The summed E-state index contributed by atoms with van der Waals surface area (Å²) in [5, 5.41) is 0. The SMILES string of the molecule is CC(C)CN(CCC(N)=S)C(=O)C(C)(C)c1ccccc1. The third kappa shape index (κ3) is 5.12. The highest BCUT2D eigenvalue weighted by molar-refractivity contribution is 7.80. The summed E-state index contributed by atoms with van der Waals surface area (Å²) in [6.07, 6.45) is 0.568.